The molecule has 0 unspecified atom stereocenters. The first-order valence-electron chi connectivity index (χ1n) is 8.47. The average Bonchev–Trinajstić information content (AvgIpc) is 2.66. The Labute approximate surface area is 188 Å². The molecule has 3 aromatic rings. The number of rotatable bonds is 4. The van der Waals surface area contributed by atoms with Crippen LogP contribution in [-0.2, 0) is 6.18 Å². The van der Waals surface area contributed by atoms with Crippen molar-refractivity contribution in [3.63, 3.8) is 0 Å². The zero-order valence-corrected chi connectivity index (χ0v) is 17.8. The van der Waals surface area contributed by atoms with Crippen LogP contribution in [0.25, 0.3) is 5.69 Å². The second-order valence-corrected chi connectivity index (χ2v) is 7.50. The predicted molar refractivity (Wildman–Crippen MR) is 112 cm³/mol. The molecule has 0 saturated carbocycles. The number of anilines is 1. The Morgan fingerprint density at radius 3 is 2.29 bits per heavy atom. The van der Waals surface area contributed by atoms with Gasteiger partial charge in [0.25, 0.3) is 5.91 Å². The van der Waals surface area contributed by atoms with Gasteiger partial charge < -0.3 is 0 Å². The van der Waals surface area contributed by atoms with Crippen LogP contribution in [0.1, 0.15) is 21.7 Å². The van der Waals surface area contributed by atoms with Gasteiger partial charge in [-0.15, -0.1) is 0 Å². The van der Waals surface area contributed by atoms with Gasteiger partial charge >= 0.3 is 6.18 Å². The molecule has 0 bridgehead atoms. The van der Waals surface area contributed by atoms with Gasteiger partial charge in [0.15, 0.2) is 5.69 Å². The number of hydrogen-bond donors (Lipinski definition) is 2. The molecule has 0 saturated heterocycles. The van der Waals surface area contributed by atoms with Gasteiger partial charge in [-0.25, -0.2) is 4.68 Å². The molecule has 0 radical (unpaired) electrons. The first kappa shape index (κ1) is 22.9. The molecule has 0 aliphatic rings. The fourth-order valence-corrected chi connectivity index (χ4v) is 3.60. The van der Waals surface area contributed by atoms with Gasteiger partial charge in [0.05, 0.1) is 27.0 Å². The van der Waals surface area contributed by atoms with Gasteiger partial charge in [-0.3, -0.25) is 20.4 Å². The van der Waals surface area contributed by atoms with Gasteiger partial charge in [-0.2, -0.15) is 18.3 Å². The minimum absolute atomic E-state index is 0.0891. The zero-order valence-electron chi connectivity index (χ0n) is 15.5. The van der Waals surface area contributed by atoms with Crippen LogP contribution in [-0.4, -0.2) is 15.7 Å². The Bertz CT molecular complexity index is 1210. The Hall–Kier alpha value is -2.75. The van der Waals surface area contributed by atoms with E-state index in [9.17, 15) is 22.8 Å². The summed E-state index contributed by atoms with van der Waals surface area (Å²) in [5.74, 6) is -1.01. The highest BCUT2D eigenvalue weighted by molar-refractivity contribution is 6.41. The lowest BCUT2D eigenvalue weighted by molar-refractivity contribution is -0.137. The van der Waals surface area contributed by atoms with Crippen molar-refractivity contribution in [3.05, 3.63) is 84.7 Å². The van der Waals surface area contributed by atoms with Crippen molar-refractivity contribution in [2.45, 2.75) is 13.1 Å². The van der Waals surface area contributed by atoms with E-state index in [-0.39, 0.29) is 32.1 Å². The van der Waals surface area contributed by atoms with Crippen molar-refractivity contribution in [1.29, 1.82) is 0 Å². The molecule has 0 atom stereocenters. The van der Waals surface area contributed by atoms with E-state index in [1.165, 1.54) is 37.3 Å². The lowest BCUT2D eigenvalue weighted by Gasteiger charge is -2.17. The van der Waals surface area contributed by atoms with Crippen LogP contribution in [0.5, 0.6) is 0 Å². The molecule has 0 spiro atoms. The molecule has 3 rings (SSSR count). The van der Waals surface area contributed by atoms with E-state index in [0.29, 0.717) is 0 Å². The van der Waals surface area contributed by atoms with Gasteiger partial charge in [-0.1, -0.05) is 46.9 Å². The topological polar surface area (TPSA) is 76.0 Å². The number of nitrogens with zero attached hydrogens (tertiary/aromatic N) is 2. The largest absolute Gasteiger partial charge is 0.418 e. The average molecular weight is 492 g/mol. The minimum Gasteiger partial charge on any atom is -0.295 e. The zero-order chi connectivity index (χ0) is 22.9. The third-order valence-corrected chi connectivity index (χ3v) is 4.88. The maximum atomic E-state index is 13.4. The fraction of sp³-hybridized carbons (Fsp3) is 0.105. The van der Waals surface area contributed by atoms with E-state index in [0.717, 1.165) is 16.8 Å². The Kier molecular flexibility index (Phi) is 6.49. The number of nitrogens with one attached hydrogen (secondary N) is 2. The van der Waals surface area contributed by atoms with E-state index in [2.05, 4.69) is 16.0 Å². The summed E-state index contributed by atoms with van der Waals surface area (Å²) in [5, 5.41) is 4.29. The summed E-state index contributed by atoms with van der Waals surface area (Å²) >= 11 is 17.8. The quantitative estimate of drug-likeness (QED) is 0.487. The van der Waals surface area contributed by atoms with Crippen molar-refractivity contribution < 1.29 is 18.0 Å². The second-order valence-electron chi connectivity index (χ2n) is 6.25. The monoisotopic (exact) mass is 490 g/mol. The lowest BCUT2D eigenvalue weighted by Crippen LogP contribution is -2.35. The Balaban J connectivity index is 1.98. The highest BCUT2D eigenvalue weighted by atomic mass is 35.5. The van der Waals surface area contributed by atoms with Gasteiger partial charge in [-0.05, 0) is 31.2 Å². The number of aryl methyl sites for hydroxylation is 1. The SMILES string of the molecule is Cc1cc(=O)c(C(=O)NNc2c(Cl)cc(Cl)cc2Cl)nn1-c1ccccc1C(F)(F)F. The first-order chi connectivity index (χ1) is 14.5. The molecule has 1 aromatic heterocycles. The number of para-hydroxylation sites is 1. The summed E-state index contributed by atoms with van der Waals surface area (Å²) in [4.78, 5) is 24.8. The van der Waals surface area contributed by atoms with Gasteiger partial charge in [0.2, 0.25) is 5.43 Å². The number of halogens is 6. The van der Waals surface area contributed by atoms with Crippen molar-refractivity contribution in [3.8, 4) is 5.69 Å². The van der Waals surface area contributed by atoms with Gasteiger partial charge in [0, 0.05) is 16.8 Å². The number of alkyl halides is 3. The van der Waals surface area contributed by atoms with Crippen molar-refractivity contribution in [2.24, 2.45) is 0 Å². The molecule has 162 valence electrons. The first-order valence-corrected chi connectivity index (χ1v) is 9.61. The van der Waals surface area contributed by atoms with E-state index >= 15 is 0 Å². The van der Waals surface area contributed by atoms with E-state index < -0.39 is 28.8 Å². The molecule has 1 amide bonds. The van der Waals surface area contributed by atoms with Crippen molar-refractivity contribution >= 4 is 46.4 Å². The van der Waals surface area contributed by atoms with Crippen LogP contribution < -0.4 is 16.3 Å². The molecule has 31 heavy (non-hydrogen) atoms. The number of amides is 1. The number of carbonyl (C=O) groups excluding carboxylic acids is 1. The molecule has 2 aromatic carbocycles. The van der Waals surface area contributed by atoms with E-state index in [1.54, 1.807) is 0 Å². The van der Waals surface area contributed by atoms with E-state index in [4.69, 9.17) is 34.8 Å². The summed E-state index contributed by atoms with van der Waals surface area (Å²) < 4.78 is 41.0. The molecule has 12 heteroatoms. The van der Waals surface area contributed by atoms with Crippen LogP contribution in [0.2, 0.25) is 15.1 Å². The second kappa shape index (κ2) is 8.78. The molecule has 0 aliphatic heterocycles. The van der Waals surface area contributed by atoms with E-state index in [1.807, 2.05) is 0 Å². The molecule has 1 heterocycles. The minimum atomic E-state index is -4.67. The molecule has 0 aliphatic carbocycles. The summed E-state index contributed by atoms with van der Waals surface area (Å²) in [6, 6.07) is 8.42. The maximum Gasteiger partial charge on any atom is 0.418 e. The number of carbonyl (C=O) groups is 1. The summed E-state index contributed by atoms with van der Waals surface area (Å²) in [7, 11) is 0. The standard InChI is InChI=1S/C19H12Cl3F3N4O2/c1-9-6-15(30)17(18(31)27-26-16-12(21)7-10(20)8-13(16)22)28-29(9)14-5-3-2-4-11(14)19(23,24)25/h2-8,26H,1H3,(H,27,31). The lowest BCUT2D eigenvalue weighted by atomic mass is 10.1. The van der Waals surface area contributed by atoms with Crippen LogP contribution in [0.15, 0.2) is 47.3 Å². The summed E-state index contributed by atoms with van der Waals surface area (Å²) in [6.45, 7) is 1.40. The van der Waals surface area contributed by atoms with Crippen LogP contribution in [0.3, 0.4) is 0 Å². The predicted octanol–water partition coefficient (Wildman–Crippen LogP) is 5.28. The summed E-state index contributed by atoms with van der Waals surface area (Å²) in [5.41, 5.74) is 2.13. The molecule has 2 N–H and O–H groups in total. The highest BCUT2D eigenvalue weighted by Gasteiger charge is 2.34. The summed E-state index contributed by atoms with van der Waals surface area (Å²) in [6.07, 6.45) is -4.67. The van der Waals surface area contributed by atoms with Crippen LogP contribution in [0.4, 0.5) is 18.9 Å². The third kappa shape index (κ3) is 4.95. The van der Waals surface area contributed by atoms with Crippen molar-refractivity contribution in [1.82, 2.24) is 15.2 Å². The van der Waals surface area contributed by atoms with Crippen LogP contribution >= 0.6 is 34.8 Å². The number of hydrazine groups is 1. The number of aromatic nitrogens is 2. The Morgan fingerprint density at radius 2 is 1.68 bits per heavy atom. The molecule has 0 fully saturated rings. The molecular weight excluding hydrogens is 480 g/mol. The third-order valence-electron chi connectivity index (χ3n) is 4.07. The highest BCUT2D eigenvalue weighted by Crippen LogP contribution is 2.34. The van der Waals surface area contributed by atoms with Crippen LogP contribution in [0, 0.1) is 6.92 Å². The Morgan fingerprint density at radius 1 is 1.06 bits per heavy atom. The number of benzene rings is 2. The van der Waals surface area contributed by atoms with Crippen molar-refractivity contribution in [2.75, 3.05) is 5.43 Å². The number of hydrogen-bond acceptors (Lipinski definition) is 4. The molecular formula is C19H12Cl3F3N4O2. The smallest absolute Gasteiger partial charge is 0.295 e. The maximum absolute atomic E-state index is 13.4. The fourth-order valence-electron chi connectivity index (χ4n) is 2.69. The van der Waals surface area contributed by atoms with Gasteiger partial charge in [0.1, 0.15) is 0 Å². The normalized spacial score (nSPS) is 11.3. The molecule has 6 nitrogen and oxygen atoms in total.